The minimum atomic E-state index is 0.515. The van der Waals surface area contributed by atoms with E-state index in [2.05, 4.69) is 37.1 Å². The number of hydrogen-bond acceptors (Lipinski definition) is 2. The highest BCUT2D eigenvalue weighted by molar-refractivity contribution is 5.35. The number of benzene rings is 1. The van der Waals surface area contributed by atoms with Crippen LogP contribution in [-0.4, -0.2) is 18.2 Å². The van der Waals surface area contributed by atoms with E-state index in [1.54, 1.807) is 0 Å². The Morgan fingerprint density at radius 1 is 1.06 bits per heavy atom. The normalized spacial score (nSPS) is 17.7. The SMILES string of the molecule is CC(C)c1ccccc1ON1CCCCC1. The van der Waals surface area contributed by atoms with E-state index in [9.17, 15) is 0 Å². The molecule has 0 unspecified atom stereocenters. The summed E-state index contributed by atoms with van der Waals surface area (Å²) in [4.78, 5) is 5.98. The third kappa shape index (κ3) is 2.76. The molecule has 0 aliphatic carbocycles. The summed E-state index contributed by atoms with van der Waals surface area (Å²) in [5.74, 6) is 1.54. The Hall–Kier alpha value is -1.02. The van der Waals surface area contributed by atoms with E-state index < -0.39 is 0 Å². The fourth-order valence-corrected chi connectivity index (χ4v) is 2.14. The van der Waals surface area contributed by atoms with Gasteiger partial charge in [-0.3, -0.25) is 0 Å². The van der Waals surface area contributed by atoms with Crippen molar-refractivity contribution >= 4 is 0 Å². The number of para-hydroxylation sites is 1. The molecule has 2 heteroatoms. The lowest BCUT2D eigenvalue weighted by molar-refractivity contribution is -0.0728. The molecular weight excluding hydrogens is 198 g/mol. The quantitative estimate of drug-likeness (QED) is 0.770. The fourth-order valence-electron chi connectivity index (χ4n) is 2.14. The largest absolute Gasteiger partial charge is 0.406 e. The van der Waals surface area contributed by atoms with Gasteiger partial charge in [0.25, 0.3) is 0 Å². The smallest absolute Gasteiger partial charge is 0.150 e. The standard InChI is InChI=1S/C14H21NO/c1-12(2)13-8-4-5-9-14(13)16-15-10-6-3-7-11-15/h4-5,8-9,12H,3,6-7,10-11H2,1-2H3. The highest BCUT2D eigenvalue weighted by Gasteiger charge is 2.14. The van der Waals surface area contributed by atoms with Crippen LogP contribution in [-0.2, 0) is 0 Å². The lowest BCUT2D eigenvalue weighted by Gasteiger charge is -2.27. The maximum absolute atomic E-state index is 5.98. The van der Waals surface area contributed by atoms with E-state index in [1.807, 2.05) is 6.07 Å². The van der Waals surface area contributed by atoms with Crippen molar-refractivity contribution in [1.82, 2.24) is 5.06 Å². The Morgan fingerprint density at radius 2 is 1.75 bits per heavy atom. The molecule has 1 saturated heterocycles. The van der Waals surface area contributed by atoms with Crippen LogP contribution in [0.4, 0.5) is 0 Å². The summed E-state index contributed by atoms with van der Waals surface area (Å²) >= 11 is 0. The average Bonchev–Trinajstić information content (AvgIpc) is 2.31. The van der Waals surface area contributed by atoms with Crippen molar-refractivity contribution in [3.05, 3.63) is 29.8 Å². The monoisotopic (exact) mass is 219 g/mol. The van der Waals surface area contributed by atoms with Gasteiger partial charge in [-0.1, -0.05) is 38.5 Å². The van der Waals surface area contributed by atoms with Crippen molar-refractivity contribution in [2.45, 2.75) is 39.0 Å². The molecule has 88 valence electrons. The Morgan fingerprint density at radius 3 is 2.44 bits per heavy atom. The van der Waals surface area contributed by atoms with Crippen molar-refractivity contribution in [3.8, 4) is 5.75 Å². The van der Waals surface area contributed by atoms with E-state index in [0.717, 1.165) is 18.8 Å². The molecule has 1 aromatic carbocycles. The first-order valence-corrected chi connectivity index (χ1v) is 6.29. The zero-order valence-electron chi connectivity index (χ0n) is 10.3. The van der Waals surface area contributed by atoms with Crippen LogP contribution < -0.4 is 4.84 Å². The highest BCUT2D eigenvalue weighted by Crippen LogP contribution is 2.27. The maximum Gasteiger partial charge on any atom is 0.150 e. The third-order valence-electron chi connectivity index (χ3n) is 3.08. The van der Waals surface area contributed by atoms with E-state index in [1.165, 1.54) is 24.8 Å². The molecule has 1 aliphatic rings. The second kappa shape index (κ2) is 5.35. The van der Waals surface area contributed by atoms with Crippen molar-refractivity contribution in [2.24, 2.45) is 0 Å². The summed E-state index contributed by atoms with van der Waals surface area (Å²) < 4.78 is 0. The van der Waals surface area contributed by atoms with Crippen LogP contribution in [0.15, 0.2) is 24.3 Å². The first-order valence-electron chi connectivity index (χ1n) is 6.29. The molecule has 1 heterocycles. The van der Waals surface area contributed by atoms with Gasteiger partial charge in [0.15, 0.2) is 5.75 Å². The van der Waals surface area contributed by atoms with Crippen LogP contribution in [0.3, 0.4) is 0 Å². The van der Waals surface area contributed by atoms with Crippen molar-refractivity contribution < 1.29 is 4.84 Å². The van der Waals surface area contributed by atoms with Gasteiger partial charge >= 0.3 is 0 Å². The first kappa shape index (κ1) is 11.5. The molecule has 1 fully saturated rings. The topological polar surface area (TPSA) is 12.5 Å². The first-order chi connectivity index (χ1) is 7.77. The van der Waals surface area contributed by atoms with Gasteiger partial charge in [0.05, 0.1) is 0 Å². The van der Waals surface area contributed by atoms with Gasteiger partial charge in [-0.05, 0) is 30.4 Å². The predicted molar refractivity (Wildman–Crippen MR) is 66.6 cm³/mol. The molecule has 1 aromatic rings. The van der Waals surface area contributed by atoms with Crippen molar-refractivity contribution in [1.29, 1.82) is 0 Å². The van der Waals surface area contributed by atoms with E-state index in [4.69, 9.17) is 4.84 Å². The predicted octanol–water partition coefficient (Wildman–Crippen LogP) is 3.59. The minimum absolute atomic E-state index is 0.515. The summed E-state index contributed by atoms with van der Waals surface area (Å²) in [6.07, 6.45) is 3.85. The Labute approximate surface area is 98.2 Å². The molecule has 0 N–H and O–H groups in total. The summed E-state index contributed by atoms with van der Waals surface area (Å²) in [6, 6.07) is 8.36. The Kier molecular flexibility index (Phi) is 3.83. The second-order valence-electron chi connectivity index (χ2n) is 4.77. The van der Waals surface area contributed by atoms with Crippen LogP contribution in [0.2, 0.25) is 0 Å². The van der Waals surface area contributed by atoms with Crippen molar-refractivity contribution in [2.75, 3.05) is 13.1 Å². The molecule has 0 bridgehead atoms. The molecule has 0 atom stereocenters. The second-order valence-corrected chi connectivity index (χ2v) is 4.77. The van der Waals surface area contributed by atoms with Gasteiger partial charge in [0.1, 0.15) is 0 Å². The molecule has 2 rings (SSSR count). The van der Waals surface area contributed by atoms with Gasteiger partial charge in [0.2, 0.25) is 0 Å². The third-order valence-corrected chi connectivity index (χ3v) is 3.08. The van der Waals surface area contributed by atoms with Gasteiger partial charge in [-0.2, -0.15) is 0 Å². The number of nitrogens with zero attached hydrogens (tertiary/aromatic N) is 1. The Bertz CT molecular complexity index is 329. The Balaban J connectivity index is 2.07. The molecule has 0 amide bonds. The summed E-state index contributed by atoms with van der Waals surface area (Å²) in [7, 11) is 0. The van der Waals surface area contributed by atoms with Crippen LogP contribution >= 0.6 is 0 Å². The zero-order valence-corrected chi connectivity index (χ0v) is 10.3. The fraction of sp³-hybridized carbons (Fsp3) is 0.571. The van der Waals surface area contributed by atoms with E-state index in [-0.39, 0.29) is 0 Å². The molecule has 0 saturated carbocycles. The molecule has 0 aromatic heterocycles. The van der Waals surface area contributed by atoms with Gasteiger partial charge in [-0.15, -0.1) is 5.06 Å². The lowest BCUT2D eigenvalue weighted by atomic mass is 10.0. The maximum atomic E-state index is 5.98. The molecular formula is C14H21NO. The number of rotatable bonds is 3. The minimum Gasteiger partial charge on any atom is -0.406 e. The molecule has 0 radical (unpaired) electrons. The van der Waals surface area contributed by atoms with Crippen LogP contribution in [0.5, 0.6) is 5.75 Å². The zero-order chi connectivity index (χ0) is 11.4. The van der Waals surface area contributed by atoms with Crippen LogP contribution in [0, 0.1) is 0 Å². The molecule has 2 nitrogen and oxygen atoms in total. The highest BCUT2D eigenvalue weighted by atomic mass is 16.7. The number of hydroxylamine groups is 2. The lowest BCUT2D eigenvalue weighted by Crippen LogP contribution is -2.33. The van der Waals surface area contributed by atoms with E-state index >= 15 is 0 Å². The molecule has 16 heavy (non-hydrogen) atoms. The molecule has 1 aliphatic heterocycles. The summed E-state index contributed by atoms with van der Waals surface area (Å²) in [5, 5.41) is 2.10. The van der Waals surface area contributed by atoms with Gasteiger partial charge < -0.3 is 4.84 Å². The molecule has 0 spiro atoms. The average molecular weight is 219 g/mol. The van der Waals surface area contributed by atoms with Gasteiger partial charge in [0, 0.05) is 13.1 Å². The van der Waals surface area contributed by atoms with Gasteiger partial charge in [-0.25, -0.2) is 0 Å². The summed E-state index contributed by atoms with van der Waals surface area (Å²) in [6.45, 7) is 6.54. The van der Waals surface area contributed by atoms with Crippen molar-refractivity contribution in [3.63, 3.8) is 0 Å². The number of piperidine rings is 1. The van der Waals surface area contributed by atoms with E-state index in [0.29, 0.717) is 5.92 Å². The summed E-state index contributed by atoms with van der Waals surface area (Å²) in [5.41, 5.74) is 1.30. The van der Waals surface area contributed by atoms with Crippen LogP contribution in [0.1, 0.15) is 44.6 Å². The van der Waals surface area contributed by atoms with Crippen LogP contribution in [0.25, 0.3) is 0 Å². The number of hydrogen-bond donors (Lipinski definition) is 0.